The normalized spacial score (nSPS) is 10.7. The fraction of sp³-hybridized carbons (Fsp3) is 0.875. The lowest BCUT2D eigenvalue weighted by Gasteiger charge is -2.02. The highest BCUT2D eigenvalue weighted by molar-refractivity contribution is 4.45. The average Bonchev–Trinajstić information content (AvgIpc) is 1.80. The standard InChI is InChI=1S/C8H17O/c1-8(2)6-4-5-7-9-3/h8H,3-7H2,1-2H3. The Labute approximate surface area is 58.4 Å². The molecular formula is C8H17O. The van der Waals surface area contributed by atoms with Crippen LogP contribution in [-0.4, -0.2) is 6.61 Å². The quantitative estimate of drug-likeness (QED) is 0.518. The van der Waals surface area contributed by atoms with Gasteiger partial charge in [-0.2, -0.15) is 0 Å². The molecule has 0 rings (SSSR count). The summed E-state index contributed by atoms with van der Waals surface area (Å²) in [5.41, 5.74) is 0. The Hall–Kier alpha value is -0.0400. The zero-order valence-corrected chi connectivity index (χ0v) is 6.52. The second-order valence-electron chi connectivity index (χ2n) is 2.80. The molecule has 0 aliphatic rings. The third-order valence-corrected chi connectivity index (χ3v) is 1.32. The van der Waals surface area contributed by atoms with Gasteiger partial charge >= 0.3 is 0 Å². The summed E-state index contributed by atoms with van der Waals surface area (Å²) in [5.74, 6) is 0.829. The highest BCUT2D eigenvalue weighted by atomic mass is 16.5. The van der Waals surface area contributed by atoms with Gasteiger partial charge in [-0.25, -0.2) is 0 Å². The Bertz CT molecular complexity index is 50.5. The van der Waals surface area contributed by atoms with Gasteiger partial charge in [0.1, 0.15) is 0 Å². The van der Waals surface area contributed by atoms with Crippen LogP contribution in [0.25, 0.3) is 0 Å². The van der Waals surface area contributed by atoms with Crippen molar-refractivity contribution in [1.29, 1.82) is 0 Å². The first-order valence-electron chi connectivity index (χ1n) is 3.64. The molecule has 0 saturated heterocycles. The van der Waals surface area contributed by atoms with E-state index in [0.717, 1.165) is 18.9 Å². The van der Waals surface area contributed by atoms with Crippen molar-refractivity contribution in [3.63, 3.8) is 0 Å². The molecule has 1 radical (unpaired) electrons. The van der Waals surface area contributed by atoms with Crippen LogP contribution < -0.4 is 0 Å². The van der Waals surface area contributed by atoms with Crippen molar-refractivity contribution in [3.05, 3.63) is 7.11 Å². The SMILES string of the molecule is [CH2]OCCCCC(C)C. The highest BCUT2D eigenvalue weighted by Gasteiger charge is 1.92. The van der Waals surface area contributed by atoms with Crippen LogP contribution in [0.2, 0.25) is 0 Å². The van der Waals surface area contributed by atoms with Gasteiger partial charge in [-0.05, 0) is 12.3 Å². The largest absolute Gasteiger partial charge is 0.379 e. The van der Waals surface area contributed by atoms with E-state index < -0.39 is 0 Å². The van der Waals surface area contributed by atoms with Gasteiger partial charge < -0.3 is 4.74 Å². The zero-order chi connectivity index (χ0) is 7.11. The van der Waals surface area contributed by atoms with Gasteiger partial charge in [0, 0.05) is 6.61 Å². The van der Waals surface area contributed by atoms with Crippen LogP contribution in [0.3, 0.4) is 0 Å². The number of hydrogen-bond acceptors (Lipinski definition) is 1. The van der Waals surface area contributed by atoms with E-state index in [1.54, 1.807) is 0 Å². The summed E-state index contributed by atoms with van der Waals surface area (Å²) in [4.78, 5) is 0. The molecule has 0 spiro atoms. The van der Waals surface area contributed by atoms with Crippen molar-refractivity contribution in [2.24, 2.45) is 5.92 Å². The molecule has 1 heteroatoms. The molecule has 0 atom stereocenters. The first kappa shape index (κ1) is 8.96. The van der Waals surface area contributed by atoms with Crippen molar-refractivity contribution < 1.29 is 4.74 Å². The van der Waals surface area contributed by atoms with Crippen LogP contribution in [0.1, 0.15) is 33.1 Å². The molecule has 1 nitrogen and oxygen atoms in total. The van der Waals surface area contributed by atoms with E-state index in [-0.39, 0.29) is 0 Å². The number of ether oxygens (including phenoxy) is 1. The molecule has 0 aliphatic heterocycles. The van der Waals surface area contributed by atoms with Crippen LogP contribution >= 0.6 is 0 Å². The molecule has 9 heavy (non-hydrogen) atoms. The molecule has 0 unspecified atom stereocenters. The van der Waals surface area contributed by atoms with E-state index in [2.05, 4.69) is 25.7 Å². The van der Waals surface area contributed by atoms with Gasteiger partial charge in [0.2, 0.25) is 0 Å². The maximum atomic E-state index is 4.67. The van der Waals surface area contributed by atoms with Gasteiger partial charge in [-0.1, -0.05) is 26.7 Å². The molecule has 0 amide bonds. The lowest BCUT2D eigenvalue weighted by atomic mass is 10.1. The van der Waals surface area contributed by atoms with Gasteiger partial charge in [0.25, 0.3) is 0 Å². The molecule has 0 N–H and O–H groups in total. The van der Waals surface area contributed by atoms with Crippen molar-refractivity contribution >= 4 is 0 Å². The summed E-state index contributed by atoms with van der Waals surface area (Å²) in [7, 11) is 3.30. The second kappa shape index (κ2) is 6.09. The molecule has 0 aromatic heterocycles. The van der Waals surface area contributed by atoms with Crippen LogP contribution in [0.5, 0.6) is 0 Å². The first-order valence-corrected chi connectivity index (χ1v) is 3.64. The van der Waals surface area contributed by atoms with E-state index in [1.807, 2.05) is 0 Å². The molecule has 0 saturated carbocycles. The van der Waals surface area contributed by atoms with Crippen LogP contribution in [0.4, 0.5) is 0 Å². The topological polar surface area (TPSA) is 9.23 Å². The second-order valence-corrected chi connectivity index (χ2v) is 2.80. The highest BCUT2D eigenvalue weighted by Crippen LogP contribution is 2.05. The molecule has 0 fully saturated rings. The molecule has 0 bridgehead atoms. The Morgan fingerprint density at radius 2 is 2.00 bits per heavy atom. The van der Waals surface area contributed by atoms with E-state index in [1.165, 1.54) is 12.8 Å². The lowest BCUT2D eigenvalue weighted by Crippen LogP contribution is -1.90. The third kappa shape index (κ3) is 7.96. The molecular weight excluding hydrogens is 112 g/mol. The predicted octanol–water partition coefficient (Wildman–Crippen LogP) is 2.62. The minimum Gasteiger partial charge on any atom is -0.379 e. The predicted molar refractivity (Wildman–Crippen MR) is 40.0 cm³/mol. The van der Waals surface area contributed by atoms with Gasteiger partial charge in [0.05, 0.1) is 7.11 Å². The van der Waals surface area contributed by atoms with E-state index in [0.29, 0.717) is 0 Å². The minimum absolute atomic E-state index is 0.812. The fourth-order valence-electron chi connectivity index (χ4n) is 0.757. The van der Waals surface area contributed by atoms with Gasteiger partial charge in [-0.15, -0.1) is 0 Å². The smallest absolute Gasteiger partial charge is 0.0700 e. The maximum Gasteiger partial charge on any atom is 0.0700 e. The van der Waals surface area contributed by atoms with Crippen molar-refractivity contribution in [1.82, 2.24) is 0 Å². The summed E-state index contributed by atoms with van der Waals surface area (Å²) in [5, 5.41) is 0. The van der Waals surface area contributed by atoms with Crippen LogP contribution in [0.15, 0.2) is 0 Å². The zero-order valence-electron chi connectivity index (χ0n) is 6.52. The number of hydrogen-bond donors (Lipinski definition) is 0. The van der Waals surface area contributed by atoms with E-state index >= 15 is 0 Å². The Morgan fingerprint density at radius 3 is 2.44 bits per heavy atom. The first-order chi connectivity index (χ1) is 4.27. The summed E-state index contributed by atoms with van der Waals surface area (Å²) in [6, 6.07) is 0. The maximum absolute atomic E-state index is 4.67. The Balaban J connectivity index is 2.75. The number of unbranched alkanes of at least 4 members (excludes halogenated alkanes) is 1. The van der Waals surface area contributed by atoms with Gasteiger partial charge in [-0.3, -0.25) is 0 Å². The molecule has 0 aromatic rings. The number of rotatable bonds is 5. The average molecular weight is 129 g/mol. The van der Waals surface area contributed by atoms with Crippen molar-refractivity contribution in [3.8, 4) is 0 Å². The monoisotopic (exact) mass is 129 g/mol. The summed E-state index contributed by atoms with van der Waals surface area (Å²) in [6.45, 7) is 5.29. The Morgan fingerprint density at radius 1 is 1.33 bits per heavy atom. The van der Waals surface area contributed by atoms with E-state index in [9.17, 15) is 0 Å². The molecule has 0 aliphatic carbocycles. The lowest BCUT2D eigenvalue weighted by molar-refractivity contribution is 0.232. The fourth-order valence-corrected chi connectivity index (χ4v) is 0.757. The summed E-state index contributed by atoms with van der Waals surface area (Å²) in [6.07, 6.45) is 3.73. The van der Waals surface area contributed by atoms with E-state index in [4.69, 9.17) is 0 Å². The molecule has 0 heterocycles. The van der Waals surface area contributed by atoms with Crippen molar-refractivity contribution in [2.45, 2.75) is 33.1 Å². The molecule has 55 valence electrons. The van der Waals surface area contributed by atoms with Crippen LogP contribution in [0, 0.1) is 13.0 Å². The van der Waals surface area contributed by atoms with Crippen LogP contribution in [-0.2, 0) is 4.74 Å². The van der Waals surface area contributed by atoms with Gasteiger partial charge in [0.15, 0.2) is 0 Å². The summed E-state index contributed by atoms with van der Waals surface area (Å²) >= 11 is 0. The Kier molecular flexibility index (Phi) is 6.06. The molecule has 0 aromatic carbocycles. The summed E-state index contributed by atoms with van der Waals surface area (Å²) < 4.78 is 4.67. The minimum atomic E-state index is 0.812. The third-order valence-electron chi connectivity index (χ3n) is 1.32. The van der Waals surface area contributed by atoms with Crippen molar-refractivity contribution in [2.75, 3.05) is 6.61 Å².